The average Bonchev–Trinajstić information content (AvgIpc) is 2.90. The zero-order valence-corrected chi connectivity index (χ0v) is 10.3. The Morgan fingerprint density at radius 3 is 3.06 bits per heavy atom. The Bertz CT molecular complexity index is 433. The summed E-state index contributed by atoms with van der Waals surface area (Å²) in [6, 6.07) is 1.98. The van der Waals surface area contributed by atoms with Gasteiger partial charge in [0, 0.05) is 25.0 Å². The van der Waals surface area contributed by atoms with Gasteiger partial charge < -0.3 is 14.4 Å². The number of hydrogen-bond acceptors (Lipinski definition) is 4. The van der Waals surface area contributed by atoms with Gasteiger partial charge in [-0.3, -0.25) is 0 Å². The summed E-state index contributed by atoms with van der Waals surface area (Å²) in [7, 11) is 0. The first-order valence-electron chi connectivity index (χ1n) is 5.85. The molecular formula is C12H18N4O. The Morgan fingerprint density at radius 1 is 1.47 bits per heavy atom. The van der Waals surface area contributed by atoms with Gasteiger partial charge in [-0.05, 0) is 12.5 Å². The van der Waals surface area contributed by atoms with Crippen LogP contribution in [0.1, 0.15) is 25.3 Å². The maximum Gasteiger partial charge on any atom is 0.156 e. The van der Waals surface area contributed by atoms with Crippen LogP contribution in [0.4, 0.5) is 0 Å². The molecule has 5 nitrogen and oxygen atoms in total. The van der Waals surface area contributed by atoms with E-state index >= 15 is 0 Å². The van der Waals surface area contributed by atoms with Gasteiger partial charge in [0.1, 0.15) is 0 Å². The van der Waals surface area contributed by atoms with Gasteiger partial charge in [-0.15, -0.1) is 0 Å². The number of nitrogens with zero attached hydrogens (tertiary/aromatic N) is 3. The fraction of sp³-hybridized carbons (Fsp3) is 0.500. The van der Waals surface area contributed by atoms with Crippen molar-refractivity contribution in [3.63, 3.8) is 0 Å². The lowest BCUT2D eigenvalue weighted by atomic mass is 10.2. The molecule has 0 spiro atoms. The third-order valence-corrected chi connectivity index (χ3v) is 2.36. The molecule has 0 radical (unpaired) electrons. The summed E-state index contributed by atoms with van der Waals surface area (Å²) < 4.78 is 7.21. The zero-order valence-electron chi connectivity index (χ0n) is 10.3. The minimum absolute atomic E-state index is 0.646. The minimum atomic E-state index is 0.646. The Hall–Kier alpha value is -1.62. The lowest BCUT2D eigenvalue weighted by Crippen LogP contribution is -2.19. The molecule has 1 N–H and O–H groups in total. The Labute approximate surface area is 101 Å². The molecule has 2 aromatic rings. The highest BCUT2D eigenvalue weighted by Crippen LogP contribution is 2.05. The molecule has 5 heteroatoms. The van der Waals surface area contributed by atoms with E-state index in [0.717, 1.165) is 24.5 Å². The summed E-state index contributed by atoms with van der Waals surface area (Å²) in [5.41, 5.74) is 0.945. The summed E-state index contributed by atoms with van der Waals surface area (Å²) in [6.07, 6.45) is 5.42. The van der Waals surface area contributed by atoms with Crippen LogP contribution in [0.15, 0.2) is 29.3 Å². The monoisotopic (exact) mass is 234 g/mol. The Balaban J connectivity index is 1.83. The van der Waals surface area contributed by atoms with Crippen molar-refractivity contribution < 1.29 is 4.52 Å². The lowest BCUT2D eigenvalue weighted by molar-refractivity contribution is 0.368. The second-order valence-corrected chi connectivity index (χ2v) is 4.54. The van der Waals surface area contributed by atoms with E-state index in [9.17, 15) is 0 Å². The van der Waals surface area contributed by atoms with E-state index in [1.807, 2.05) is 16.8 Å². The van der Waals surface area contributed by atoms with Crippen molar-refractivity contribution in [1.82, 2.24) is 20.0 Å². The molecule has 17 heavy (non-hydrogen) atoms. The molecule has 92 valence electrons. The van der Waals surface area contributed by atoms with Gasteiger partial charge in [0.25, 0.3) is 0 Å². The highest BCUT2D eigenvalue weighted by Gasteiger charge is 2.04. The van der Waals surface area contributed by atoms with E-state index < -0.39 is 0 Å². The second-order valence-electron chi connectivity index (χ2n) is 4.54. The van der Waals surface area contributed by atoms with Crippen LogP contribution < -0.4 is 5.32 Å². The topological polar surface area (TPSA) is 55.9 Å². The van der Waals surface area contributed by atoms with E-state index in [0.29, 0.717) is 12.5 Å². The predicted molar refractivity (Wildman–Crippen MR) is 64.4 cm³/mol. The van der Waals surface area contributed by atoms with Crippen LogP contribution in [-0.4, -0.2) is 21.3 Å². The molecule has 0 saturated carbocycles. The van der Waals surface area contributed by atoms with Gasteiger partial charge in [0.2, 0.25) is 0 Å². The summed E-state index contributed by atoms with van der Waals surface area (Å²) in [5.74, 6) is 1.50. The largest absolute Gasteiger partial charge is 0.359 e. The summed E-state index contributed by atoms with van der Waals surface area (Å²) in [6.45, 7) is 6.78. The first-order chi connectivity index (χ1) is 8.24. The SMILES string of the molecule is CC(C)CNCc1cc(Cn2ccnc2)on1. The van der Waals surface area contributed by atoms with Crippen LogP contribution in [0, 0.1) is 5.92 Å². The van der Waals surface area contributed by atoms with Crippen molar-refractivity contribution >= 4 is 0 Å². The molecule has 0 unspecified atom stereocenters. The maximum atomic E-state index is 5.26. The predicted octanol–water partition coefficient (Wildman–Crippen LogP) is 1.67. The number of nitrogens with one attached hydrogen (secondary N) is 1. The van der Waals surface area contributed by atoms with Crippen LogP contribution in [0.25, 0.3) is 0 Å². The normalized spacial score (nSPS) is 11.2. The molecule has 0 aliphatic heterocycles. The van der Waals surface area contributed by atoms with Crippen molar-refractivity contribution in [2.45, 2.75) is 26.9 Å². The number of hydrogen-bond donors (Lipinski definition) is 1. The third-order valence-electron chi connectivity index (χ3n) is 2.36. The summed E-state index contributed by atoms with van der Waals surface area (Å²) in [4.78, 5) is 3.98. The van der Waals surface area contributed by atoms with Crippen LogP contribution in [-0.2, 0) is 13.1 Å². The van der Waals surface area contributed by atoms with E-state index in [1.54, 1.807) is 12.5 Å². The van der Waals surface area contributed by atoms with Crippen molar-refractivity contribution in [2.75, 3.05) is 6.54 Å². The van der Waals surface area contributed by atoms with E-state index in [1.165, 1.54) is 0 Å². The molecular weight excluding hydrogens is 216 g/mol. The number of rotatable bonds is 6. The fourth-order valence-electron chi connectivity index (χ4n) is 1.56. The van der Waals surface area contributed by atoms with Crippen LogP contribution in [0.3, 0.4) is 0 Å². The van der Waals surface area contributed by atoms with E-state index in [-0.39, 0.29) is 0 Å². The first kappa shape index (κ1) is 11.9. The second kappa shape index (κ2) is 5.63. The molecule has 0 amide bonds. The molecule has 0 bridgehead atoms. The maximum absolute atomic E-state index is 5.26. The molecule has 2 rings (SSSR count). The van der Waals surface area contributed by atoms with Gasteiger partial charge >= 0.3 is 0 Å². The molecule has 0 atom stereocenters. The van der Waals surface area contributed by atoms with Crippen LogP contribution >= 0.6 is 0 Å². The molecule has 0 aliphatic rings. The van der Waals surface area contributed by atoms with Gasteiger partial charge in [-0.2, -0.15) is 0 Å². The highest BCUT2D eigenvalue weighted by atomic mass is 16.5. The molecule has 0 fully saturated rings. The van der Waals surface area contributed by atoms with Crippen molar-refractivity contribution in [3.05, 3.63) is 36.2 Å². The molecule has 2 aromatic heterocycles. The van der Waals surface area contributed by atoms with E-state index in [2.05, 4.69) is 29.3 Å². The number of imidazole rings is 1. The smallest absolute Gasteiger partial charge is 0.156 e. The molecule has 2 heterocycles. The summed E-state index contributed by atoms with van der Waals surface area (Å²) >= 11 is 0. The molecule has 0 aromatic carbocycles. The third kappa shape index (κ3) is 3.71. The average molecular weight is 234 g/mol. The quantitative estimate of drug-likeness (QED) is 0.826. The standard InChI is InChI=1S/C12H18N4O/c1-10(2)6-14-7-11-5-12(17-15-11)8-16-4-3-13-9-16/h3-5,9-10,14H,6-8H2,1-2H3. The van der Waals surface area contributed by atoms with Gasteiger partial charge in [0.05, 0.1) is 18.6 Å². The summed E-state index contributed by atoms with van der Waals surface area (Å²) in [5, 5.41) is 7.35. The highest BCUT2D eigenvalue weighted by molar-refractivity contribution is 5.05. The van der Waals surface area contributed by atoms with Gasteiger partial charge in [-0.25, -0.2) is 4.98 Å². The van der Waals surface area contributed by atoms with E-state index in [4.69, 9.17) is 4.52 Å². The van der Waals surface area contributed by atoms with Gasteiger partial charge in [0.15, 0.2) is 5.76 Å². The zero-order chi connectivity index (χ0) is 12.1. The lowest BCUT2D eigenvalue weighted by Gasteiger charge is -2.04. The van der Waals surface area contributed by atoms with Gasteiger partial charge in [-0.1, -0.05) is 19.0 Å². The van der Waals surface area contributed by atoms with Crippen LogP contribution in [0.5, 0.6) is 0 Å². The Morgan fingerprint density at radius 2 is 2.35 bits per heavy atom. The Kier molecular flexibility index (Phi) is 3.93. The molecule has 0 saturated heterocycles. The van der Waals surface area contributed by atoms with Crippen molar-refractivity contribution in [1.29, 1.82) is 0 Å². The number of aromatic nitrogens is 3. The fourth-order valence-corrected chi connectivity index (χ4v) is 1.56. The van der Waals surface area contributed by atoms with Crippen LogP contribution in [0.2, 0.25) is 0 Å². The van der Waals surface area contributed by atoms with Crippen molar-refractivity contribution in [3.8, 4) is 0 Å². The first-order valence-corrected chi connectivity index (χ1v) is 5.85. The molecule has 0 aliphatic carbocycles. The van der Waals surface area contributed by atoms with Crippen molar-refractivity contribution in [2.24, 2.45) is 5.92 Å². The minimum Gasteiger partial charge on any atom is -0.359 e.